The van der Waals surface area contributed by atoms with Crippen molar-refractivity contribution in [3.8, 4) is 5.75 Å². The molecule has 27 heavy (non-hydrogen) atoms. The lowest BCUT2D eigenvalue weighted by molar-refractivity contribution is 0.223. The number of ether oxygens (including phenoxy) is 1. The van der Waals surface area contributed by atoms with Crippen molar-refractivity contribution >= 4 is 41.3 Å². The number of hydrogen-bond acceptors (Lipinski definition) is 4. The Hall–Kier alpha value is -1.42. The molecule has 0 bridgehead atoms. The smallest absolute Gasteiger partial charge is 0.191 e. The molecular weight excluding hydrogens is 478 g/mol. The van der Waals surface area contributed by atoms with Crippen molar-refractivity contribution in [1.29, 1.82) is 0 Å². The van der Waals surface area contributed by atoms with Gasteiger partial charge >= 0.3 is 0 Å². The number of nitrogens with zero attached hydrogens (tertiary/aromatic N) is 2. The van der Waals surface area contributed by atoms with Crippen LogP contribution in [-0.2, 0) is 6.42 Å². The average Bonchev–Trinajstić information content (AvgIpc) is 3.07. The second-order valence-corrected chi connectivity index (χ2v) is 7.24. The van der Waals surface area contributed by atoms with E-state index in [-0.39, 0.29) is 35.9 Å². The molecule has 0 spiro atoms. The maximum atomic E-state index is 13.2. The van der Waals surface area contributed by atoms with Crippen LogP contribution >= 0.6 is 35.3 Å². The summed E-state index contributed by atoms with van der Waals surface area (Å²) >= 11 is 1.71. The molecule has 0 aliphatic carbocycles. The lowest BCUT2D eigenvalue weighted by atomic mass is 10.2. The van der Waals surface area contributed by atoms with Crippen LogP contribution in [0.15, 0.2) is 34.6 Å². The molecule has 150 valence electrons. The minimum atomic E-state index is -0.303. The zero-order valence-electron chi connectivity index (χ0n) is 16.2. The predicted molar refractivity (Wildman–Crippen MR) is 121 cm³/mol. The summed E-state index contributed by atoms with van der Waals surface area (Å²) in [5, 5.41) is 9.77. The molecule has 2 rings (SSSR count). The largest absolute Gasteiger partial charge is 0.489 e. The summed E-state index contributed by atoms with van der Waals surface area (Å²) in [6, 6.07) is 6.15. The number of hydrogen-bond donors (Lipinski definition) is 2. The maximum Gasteiger partial charge on any atom is 0.191 e. The van der Waals surface area contributed by atoms with Crippen LogP contribution in [0, 0.1) is 5.82 Å². The topological polar surface area (TPSA) is 58.5 Å². The quantitative estimate of drug-likeness (QED) is 0.320. The first-order valence-electron chi connectivity index (χ1n) is 8.79. The van der Waals surface area contributed by atoms with Crippen molar-refractivity contribution in [2.45, 2.75) is 39.2 Å². The lowest BCUT2D eigenvalue weighted by Crippen LogP contribution is -2.42. The lowest BCUT2D eigenvalue weighted by Gasteiger charge is -2.17. The molecule has 0 aliphatic rings. The van der Waals surface area contributed by atoms with E-state index in [1.54, 1.807) is 30.5 Å². The molecule has 5 nitrogen and oxygen atoms in total. The highest BCUT2D eigenvalue weighted by atomic mass is 127. The van der Waals surface area contributed by atoms with Crippen LogP contribution in [-0.4, -0.2) is 37.2 Å². The molecule has 1 heterocycles. The summed E-state index contributed by atoms with van der Waals surface area (Å²) in [7, 11) is 1.73. The number of aliphatic imine (C=N–C) groups is 1. The standard InChI is InChI=1S/C19H27FN4OS.HI/c1-13(2)18-24-16(12-26-18)8-9-22-19(21-4)23-11-14(3)25-17-7-5-6-15(20)10-17;/h5-7,10,12-14H,8-9,11H2,1-4H3,(H2,21,22,23);1H. The van der Waals surface area contributed by atoms with Crippen molar-refractivity contribution in [2.24, 2.45) is 4.99 Å². The first kappa shape index (κ1) is 23.6. The Kier molecular flexibility index (Phi) is 10.6. The van der Waals surface area contributed by atoms with Crippen molar-refractivity contribution in [2.75, 3.05) is 20.1 Å². The fraction of sp³-hybridized carbons (Fsp3) is 0.474. The van der Waals surface area contributed by atoms with E-state index < -0.39 is 0 Å². The number of guanidine groups is 1. The van der Waals surface area contributed by atoms with Crippen LogP contribution in [0.2, 0.25) is 0 Å². The highest BCUT2D eigenvalue weighted by Crippen LogP contribution is 2.19. The normalized spacial score (nSPS) is 12.4. The molecule has 0 fully saturated rings. The van der Waals surface area contributed by atoms with Gasteiger partial charge in [0.05, 0.1) is 17.2 Å². The fourth-order valence-corrected chi connectivity index (χ4v) is 3.16. The molecule has 1 aromatic heterocycles. The van der Waals surface area contributed by atoms with Gasteiger partial charge < -0.3 is 15.4 Å². The van der Waals surface area contributed by atoms with E-state index in [0.29, 0.717) is 24.2 Å². The minimum absolute atomic E-state index is 0. The third kappa shape index (κ3) is 8.42. The second kappa shape index (κ2) is 12.1. The van der Waals surface area contributed by atoms with Crippen molar-refractivity contribution in [3.05, 3.63) is 46.2 Å². The van der Waals surface area contributed by atoms with Crippen LogP contribution in [0.5, 0.6) is 5.75 Å². The van der Waals surface area contributed by atoms with E-state index in [4.69, 9.17) is 4.74 Å². The summed E-state index contributed by atoms with van der Waals surface area (Å²) in [5.41, 5.74) is 1.10. The van der Waals surface area contributed by atoms with E-state index in [9.17, 15) is 4.39 Å². The van der Waals surface area contributed by atoms with Gasteiger partial charge in [0.1, 0.15) is 17.7 Å². The van der Waals surface area contributed by atoms with Gasteiger partial charge in [0.2, 0.25) is 0 Å². The van der Waals surface area contributed by atoms with Gasteiger partial charge in [0.15, 0.2) is 5.96 Å². The SMILES string of the molecule is CN=C(NCCc1csc(C(C)C)n1)NCC(C)Oc1cccc(F)c1.I. The number of nitrogens with one attached hydrogen (secondary N) is 2. The Labute approximate surface area is 181 Å². The number of thiazole rings is 1. The monoisotopic (exact) mass is 506 g/mol. The molecule has 0 saturated heterocycles. The van der Waals surface area contributed by atoms with Gasteiger partial charge in [-0.15, -0.1) is 35.3 Å². The van der Waals surface area contributed by atoms with Crippen LogP contribution in [0.3, 0.4) is 0 Å². The minimum Gasteiger partial charge on any atom is -0.489 e. The summed E-state index contributed by atoms with van der Waals surface area (Å²) in [6.45, 7) is 7.54. The Morgan fingerprint density at radius 3 is 2.70 bits per heavy atom. The van der Waals surface area contributed by atoms with Crippen LogP contribution < -0.4 is 15.4 Å². The van der Waals surface area contributed by atoms with Gasteiger partial charge in [-0.2, -0.15) is 0 Å². The average molecular weight is 506 g/mol. The third-order valence-corrected chi connectivity index (χ3v) is 4.85. The summed E-state index contributed by atoms with van der Waals surface area (Å²) in [5.74, 6) is 1.39. The van der Waals surface area contributed by atoms with E-state index in [0.717, 1.165) is 18.7 Å². The highest BCUT2D eigenvalue weighted by Gasteiger charge is 2.08. The number of benzene rings is 1. The van der Waals surface area contributed by atoms with Crippen molar-refractivity contribution < 1.29 is 9.13 Å². The number of rotatable bonds is 8. The van der Waals surface area contributed by atoms with Gasteiger partial charge in [-0.25, -0.2) is 9.37 Å². The fourth-order valence-electron chi connectivity index (χ4n) is 2.29. The molecule has 0 radical (unpaired) electrons. The molecule has 2 N–H and O–H groups in total. The number of aromatic nitrogens is 1. The highest BCUT2D eigenvalue weighted by molar-refractivity contribution is 14.0. The Morgan fingerprint density at radius 1 is 1.30 bits per heavy atom. The molecular formula is C19H28FIN4OS. The van der Waals surface area contributed by atoms with E-state index in [1.807, 2.05) is 6.92 Å². The molecule has 1 aromatic carbocycles. The molecule has 0 aliphatic heterocycles. The van der Waals surface area contributed by atoms with Gasteiger partial charge in [0, 0.05) is 37.4 Å². The second-order valence-electron chi connectivity index (χ2n) is 6.35. The van der Waals surface area contributed by atoms with Gasteiger partial charge in [0.25, 0.3) is 0 Å². The van der Waals surface area contributed by atoms with E-state index in [1.165, 1.54) is 17.1 Å². The summed E-state index contributed by atoms with van der Waals surface area (Å²) in [6.07, 6.45) is 0.724. The Morgan fingerprint density at radius 2 is 2.07 bits per heavy atom. The van der Waals surface area contributed by atoms with E-state index >= 15 is 0 Å². The molecule has 2 aromatic rings. The maximum absolute atomic E-state index is 13.2. The van der Waals surface area contributed by atoms with Gasteiger partial charge in [-0.05, 0) is 19.1 Å². The first-order chi connectivity index (χ1) is 12.5. The molecule has 8 heteroatoms. The van der Waals surface area contributed by atoms with Crippen LogP contribution in [0.25, 0.3) is 0 Å². The summed E-state index contributed by atoms with van der Waals surface area (Å²) < 4.78 is 18.9. The zero-order valence-corrected chi connectivity index (χ0v) is 19.3. The summed E-state index contributed by atoms with van der Waals surface area (Å²) in [4.78, 5) is 8.84. The third-order valence-electron chi connectivity index (χ3n) is 3.65. The van der Waals surface area contributed by atoms with Gasteiger partial charge in [-0.1, -0.05) is 19.9 Å². The number of halogens is 2. The first-order valence-corrected chi connectivity index (χ1v) is 9.67. The Bertz CT molecular complexity index is 723. The Balaban J connectivity index is 0.00000364. The van der Waals surface area contributed by atoms with E-state index in [2.05, 4.69) is 39.8 Å². The zero-order chi connectivity index (χ0) is 18.9. The molecule has 0 saturated carbocycles. The van der Waals surface area contributed by atoms with Crippen LogP contribution in [0.1, 0.15) is 37.4 Å². The molecule has 0 amide bonds. The molecule has 1 unspecified atom stereocenters. The predicted octanol–water partition coefficient (Wildman–Crippen LogP) is 4.20. The van der Waals surface area contributed by atoms with Gasteiger partial charge in [-0.3, -0.25) is 4.99 Å². The van der Waals surface area contributed by atoms with Crippen molar-refractivity contribution in [3.63, 3.8) is 0 Å². The molecule has 1 atom stereocenters. The van der Waals surface area contributed by atoms with Crippen molar-refractivity contribution in [1.82, 2.24) is 15.6 Å². The van der Waals surface area contributed by atoms with Crippen LogP contribution in [0.4, 0.5) is 4.39 Å².